The molecule has 5 heteroatoms. The van der Waals surface area contributed by atoms with Crippen LogP contribution in [-0.2, 0) is 6.54 Å². The Morgan fingerprint density at radius 1 is 1.07 bits per heavy atom. The highest BCUT2D eigenvalue weighted by molar-refractivity contribution is 7.13. The van der Waals surface area contributed by atoms with Gasteiger partial charge in [0.05, 0.1) is 16.7 Å². The van der Waals surface area contributed by atoms with Crippen LogP contribution < -0.4 is 0 Å². The zero-order valence-electron chi connectivity index (χ0n) is 16.2. The Bertz CT molecular complexity index is 907. The van der Waals surface area contributed by atoms with E-state index in [4.69, 9.17) is 5.10 Å². The molecule has 2 fully saturated rings. The highest BCUT2D eigenvalue weighted by atomic mass is 32.1. The van der Waals surface area contributed by atoms with Gasteiger partial charge in [-0.1, -0.05) is 24.3 Å². The molecule has 3 aromatic rings. The Labute approximate surface area is 170 Å². The van der Waals surface area contributed by atoms with E-state index in [0.717, 1.165) is 30.8 Å². The number of aliphatic hydroxyl groups is 1. The Kier molecular flexibility index (Phi) is 4.83. The van der Waals surface area contributed by atoms with E-state index in [0.29, 0.717) is 17.9 Å². The monoisotopic (exact) mass is 393 g/mol. The molecule has 1 aromatic carbocycles. The number of benzene rings is 1. The van der Waals surface area contributed by atoms with Crippen molar-refractivity contribution in [3.8, 4) is 16.3 Å². The van der Waals surface area contributed by atoms with Gasteiger partial charge in [0.1, 0.15) is 5.69 Å². The van der Waals surface area contributed by atoms with Crippen LogP contribution in [0.4, 0.5) is 0 Å². The molecule has 0 amide bonds. The van der Waals surface area contributed by atoms with Crippen LogP contribution in [0.2, 0.25) is 0 Å². The fourth-order valence-corrected chi connectivity index (χ4v) is 5.91. The van der Waals surface area contributed by atoms with Gasteiger partial charge in [-0.05, 0) is 68.1 Å². The lowest BCUT2D eigenvalue weighted by molar-refractivity contribution is 0.158. The predicted molar refractivity (Wildman–Crippen MR) is 114 cm³/mol. The molecule has 2 aliphatic carbocycles. The largest absolute Gasteiger partial charge is 0.393 e. The van der Waals surface area contributed by atoms with Crippen LogP contribution in [-0.4, -0.2) is 39.0 Å². The van der Waals surface area contributed by atoms with Crippen molar-refractivity contribution in [2.75, 3.05) is 7.05 Å². The topological polar surface area (TPSA) is 41.3 Å². The molecule has 4 atom stereocenters. The van der Waals surface area contributed by atoms with Crippen LogP contribution in [0.25, 0.3) is 16.3 Å². The minimum Gasteiger partial charge on any atom is -0.393 e. The van der Waals surface area contributed by atoms with Gasteiger partial charge in [-0.3, -0.25) is 4.90 Å². The fourth-order valence-electron chi connectivity index (χ4n) is 5.17. The summed E-state index contributed by atoms with van der Waals surface area (Å²) in [7, 11) is 2.25. The van der Waals surface area contributed by atoms with Gasteiger partial charge in [0, 0.05) is 24.3 Å². The van der Waals surface area contributed by atoms with Crippen LogP contribution in [0.15, 0.2) is 54.0 Å². The summed E-state index contributed by atoms with van der Waals surface area (Å²) in [6, 6.07) is 15.2. The predicted octanol–water partition coefficient (Wildman–Crippen LogP) is 4.58. The van der Waals surface area contributed by atoms with Crippen molar-refractivity contribution in [3.63, 3.8) is 0 Å². The second-order valence-electron chi connectivity index (χ2n) is 8.45. The second kappa shape index (κ2) is 7.47. The Morgan fingerprint density at radius 3 is 2.50 bits per heavy atom. The van der Waals surface area contributed by atoms with Gasteiger partial charge in [-0.2, -0.15) is 5.10 Å². The standard InChI is InChI=1S/C23H27N3OS/c1-25(20-10-16-12-21(27)13-17(16)11-20)14-18-15-26(19-6-3-2-4-7-19)24-23(18)22-8-5-9-28-22/h2-9,15-17,20-21,27H,10-14H2,1H3/t16-,17+,20?,21?. The molecule has 1 N–H and O–H groups in total. The molecule has 4 nitrogen and oxygen atoms in total. The van der Waals surface area contributed by atoms with E-state index in [2.05, 4.69) is 59.9 Å². The third-order valence-electron chi connectivity index (χ3n) is 6.57. The van der Waals surface area contributed by atoms with Crippen molar-refractivity contribution in [2.24, 2.45) is 11.8 Å². The lowest BCUT2D eigenvalue weighted by Crippen LogP contribution is -2.30. The van der Waals surface area contributed by atoms with Crippen molar-refractivity contribution in [1.82, 2.24) is 14.7 Å². The van der Waals surface area contributed by atoms with Crippen molar-refractivity contribution < 1.29 is 5.11 Å². The first kappa shape index (κ1) is 18.1. The van der Waals surface area contributed by atoms with E-state index < -0.39 is 0 Å². The van der Waals surface area contributed by atoms with E-state index in [1.54, 1.807) is 11.3 Å². The first-order valence-corrected chi connectivity index (χ1v) is 11.1. The zero-order chi connectivity index (χ0) is 19.1. The Hall–Kier alpha value is -1.95. The number of rotatable bonds is 5. The van der Waals surface area contributed by atoms with Crippen LogP contribution in [0, 0.1) is 11.8 Å². The molecular formula is C23H27N3OS. The highest BCUT2D eigenvalue weighted by Crippen LogP contribution is 2.45. The maximum Gasteiger partial charge on any atom is 0.107 e. The summed E-state index contributed by atoms with van der Waals surface area (Å²) in [5.41, 5.74) is 3.48. The normalized spacial score (nSPS) is 26.8. The molecule has 5 rings (SSSR count). The zero-order valence-corrected chi connectivity index (χ0v) is 17.1. The smallest absolute Gasteiger partial charge is 0.107 e. The molecule has 0 spiro atoms. The van der Waals surface area contributed by atoms with Gasteiger partial charge in [-0.15, -0.1) is 11.3 Å². The third kappa shape index (κ3) is 3.43. The number of hydrogen-bond donors (Lipinski definition) is 1. The lowest BCUT2D eigenvalue weighted by Gasteiger charge is -2.25. The molecule has 0 bridgehead atoms. The maximum atomic E-state index is 9.92. The molecule has 146 valence electrons. The molecule has 2 aromatic heterocycles. The van der Waals surface area contributed by atoms with Crippen molar-refractivity contribution in [2.45, 2.75) is 44.4 Å². The number of hydrogen-bond acceptors (Lipinski definition) is 4. The summed E-state index contributed by atoms with van der Waals surface area (Å²) in [5.74, 6) is 1.43. The molecule has 2 aliphatic rings. The third-order valence-corrected chi connectivity index (χ3v) is 7.45. The molecule has 0 radical (unpaired) electrons. The fraction of sp³-hybridized carbons (Fsp3) is 0.435. The van der Waals surface area contributed by atoms with E-state index in [1.807, 2.05) is 10.7 Å². The SMILES string of the molecule is CN(Cc1cn(-c2ccccc2)nc1-c1cccs1)C1C[C@H]2CC(O)C[C@H]2C1. The first-order valence-electron chi connectivity index (χ1n) is 10.2. The van der Waals surface area contributed by atoms with Crippen molar-refractivity contribution >= 4 is 11.3 Å². The summed E-state index contributed by atoms with van der Waals surface area (Å²) in [5, 5.41) is 17.0. The molecule has 2 saturated carbocycles. The van der Waals surface area contributed by atoms with Crippen LogP contribution in [0.5, 0.6) is 0 Å². The first-order chi connectivity index (χ1) is 13.7. The molecule has 2 heterocycles. The minimum atomic E-state index is -0.0595. The number of fused-ring (bicyclic) bond motifs is 1. The summed E-state index contributed by atoms with van der Waals surface area (Å²) in [4.78, 5) is 3.73. The van der Waals surface area contributed by atoms with Gasteiger partial charge < -0.3 is 5.11 Å². The Morgan fingerprint density at radius 2 is 1.82 bits per heavy atom. The average Bonchev–Trinajstić information content (AvgIpc) is 3.45. The van der Waals surface area contributed by atoms with Gasteiger partial charge in [-0.25, -0.2) is 4.68 Å². The van der Waals surface area contributed by atoms with Crippen molar-refractivity contribution in [3.05, 3.63) is 59.6 Å². The second-order valence-corrected chi connectivity index (χ2v) is 9.39. The lowest BCUT2D eigenvalue weighted by atomic mass is 10.0. The maximum absolute atomic E-state index is 9.92. The average molecular weight is 394 g/mol. The number of thiophene rings is 1. The van der Waals surface area contributed by atoms with Crippen LogP contribution in [0.1, 0.15) is 31.2 Å². The quantitative estimate of drug-likeness (QED) is 0.690. The van der Waals surface area contributed by atoms with E-state index in [1.165, 1.54) is 23.3 Å². The summed E-state index contributed by atoms with van der Waals surface area (Å²) < 4.78 is 2.01. The summed E-state index contributed by atoms with van der Waals surface area (Å²) >= 11 is 1.75. The number of aromatic nitrogens is 2. The number of aliphatic hydroxyl groups excluding tert-OH is 1. The van der Waals surface area contributed by atoms with E-state index >= 15 is 0 Å². The van der Waals surface area contributed by atoms with Gasteiger partial charge >= 0.3 is 0 Å². The Balaban J connectivity index is 1.39. The van der Waals surface area contributed by atoms with Gasteiger partial charge in [0.15, 0.2) is 0 Å². The number of nitrogens with zero attached hydrogens (tertiary/aromatic N) is 3. The minimum absolute atomic E-state index is 0.0595. The molecule has 0 aliphatic heterocycles. The van der Waals surface area contributed by atoms with Gasteiger partial charge in [0.2, 0.25) is 0 Å². The van der Waals surface area contributed by atoms with E-state index in [-0.39, 0.29) is 6.10 Å². The molecule has 28 heavy (non-hydrogen) atoms. The van der Waals surface area contributed by atoms with Crippen LogP contribution >= 0.6 is 11.3 Å². The van der Waals surface area contributed by atoms with Gasteiger partial charge in [0.25, 0.3) is 0 Å². The van der Waals surface area contributed by atoms with Crippen LogP contribution in [0.3, 0.4) is 0 Å². The summed E-state index contributed by atoms with van der Waals surface area (Å²) in [6.45, 7) is 0.909. The van der Waals surface area contributed by atoms with E-state index in [9.17, 15) is 5.11 Å². The number of para-hydroxylation sites is 1. The molecular weight excluding hydrogens is 366 g/mol. The molecule has 2 unspecified atom stereocenters. The van der Waals surface area contributed by atoms with Crippen molar-refractivity contribution in [1.29, 1.82) is 0 Å². The highest BCUT2D eigenvalue weighted by Gasteiger charge is 2.42. The summed E-state index contributed by atoms with van der Waals surface area (Å²) in [6.07, 6.45) is 6.58. The molecule has 0 saturated heterocycles.